The summed E-state index contributed by atoms with van der Waals surface area (Å²) in [5, 5.41) is 9.78. The molecule has 0 bridgehead atoms. The highest BCUT2D eigenvalue weighted by Gasteiger charge is 2.24. The maximum atomic E-state index is 8.49. The Morgan fingerprint density at radius 2 is 2.04 bits per heavy atom. The first-order valence-corrected chi connectivity index (χ1v) is 9.49. The fraction of sp³-hybridized carbons (Fsp3) is 0.348. The van der Waals surface area contributed by atoms with Gasteiger partial charge in [0.15, 0.2) is 0 Å². The Hall–Kier alpha value is -2.75. The Labute approximate surface area is 160 Å². The van der Waals surface area contributed by atoms with E-state index < -0.39 is 0 Å². The number of ether oxygens (including phenoxy) is 2. The van der Waals surface area contributed by atoms with E-state index in [9.17, 15) is 0 Å². The van der Waals surface area contributed by atoms with E-state index in [1.807, 2.05) is 25.1 Å². The van der Waals surface area contributed by atoms with Gasteiger partial charge in [-0.1, -0.05) is 18.2 Å². The van der Waals surface area contributed by atoms with Crippen molar-refractivity contribution in [1.82, 2.24) is 4.57 Å². The van der Waals surface area contributed by atoms with Crippen LogP contribution in [0.2, 0.25) is 0 Å². The molecule has 0 saturated carbocycles. The maximum Gasteiger partial charge on any atom is 0.122 e. The van der Waals surface area contributed by atoms with Gasteiger partial charge in [-0.05, 0) is 61.1 Å². The number of aryl methyl sites for hydroxylation is 2. The van der Waals surface area contributed by atoms with E-state index in [1.54, 1.807) is 14.2 Å². The Morgan fingerprint density at radius 1 is 1.19 bits per heavy atom. The first kappa shape index (κ1) is 17.7. The van der Waals surface area contributed by atoms with E-state index in [4.69, 9.17) is 14.9 Å². The minimum atomic E-state index is 0.0168. The maximum absolute atomic E-state index is 8.49. The number of methoxy groups -OCH3 is 2. The number of nitrogens with zero attached hydrogens (tertiary/aromatic N) is 1. The smallest absolute Gasteiger partial charge is 0.122 e. The summed E-state index contributed by atoms with van der Waals surface area (Å²) < 4.78 is 13.4. The van der Waals surface area contributed by atoms with E-state index >= 15 is 0 Å². The highest BCUT2D eigenvalue weighted by molar-refractivity contribution is 5.95. The van der Waals surface area contributed by atoms with Gasteiger partial charge >= 0.3 is 0 Å². The van der Waals surface area contributed by atoms with Crippen molar-refractivity contribution in [2.24, 2.45) is 0 Å². The first-order chi connectivity index (χ1) is 13.1. The average Bonchev–Trinajstić information content (AvgIpc) is 3.06. The van der Waals surface area contributed by atoms with Crippen molar-refractivity contribution in [3.05, 3.63) is 59.3 Å². The van der Waals surface area contributed by atoms with Crippen molar-refractivity contribution in [2.45, 2.75) is 38.6 Å². The van der Waals surface area contributed by atoms with Crippen LogP contribution in [0.5, 0.6) is 11.5 Å². The van der Waals surface area contributed by atoms with E-state index in [-0.39, 0.29) is 5.92 Å². The van der Waals surface area contributed by atoms with E-state index in [0.717, 1.165) is 36.4 Å². The molecule has 1 aliphatic heterocycles. The number of aromatic nitrogens is 1. The molecule has 140 valence electrons. The lowest BCUT2D eigenvalue weighted by Crippen LogP contribution is -2.12. The predicted octanol–water partition coefficient (Wildman–Crippen LogP) is 4.97. The monoisotopic (exact) mass is 362 g/mol. The van der Waals surface area contributed by atoms with Crippen LogP contribution in [-0.4, -0.2) is 24.5 Å². The largest absolute Gasteiger partial charge is 0.497 e. The zero-order valence-corrected chi connectivity index (χ0v) is 16.2. The Balaban J connectivity index is 1.81. The van der Waals surface area contributed by atoms with Crippen LogP contribution in [0.1, 0.15) is 36.0 Å². The van der Waals surface area contributed by atoms with Gasteiger partial charge in [-0.3, -0.25) is 0 Å². The molecule has 0 radical (unpaired) electrons. The summed E-state index contributed by atoms with van der Waals surface area (Å²) in [6.07, 6.45) is 5.30. The van der Waals surface area contributed by atoms with Crippen LogP contribution in [-0.2, 0) is 19.4 Å². The van der Waals surface area contributed by atoms with E-state index in [2.05, 4.69) is 29.0 Å². The summed E-state index contributed by atoms with van der Waals surface area (Å²) in [5.41, 5.74) is 5.75. The number of hydrogen-bond acceptors (Lipinski definition) is 3. The number of para-hydroxylation sites is 1. The molecule has 0 fully saturated rings. The van der Waals surface area contributed by atoms with Crippen LogP contribution in [0.4, 0.5) is 0 Å². The molecule has 0 amide bonds. The molecule has 1 N–H and O–H groups in total. The van der Waals surface area contributed by atoms with Crippen LogP contribution in [0.25, 0.3) is 10.9 Å². The normalized spacial score (nSPS) is 14.2. The first-order valence-electron chi connectivity index (χ1n) is 9.49. The van der Waals surface area contributed by atoms with Gasteiger partial charge in [0.1, 0.15) is 11.5 Å². The second kappa shape index (κ2) is 7.10. The second-order valence-electron chi connectivity index (χ2n) is 7.31. The summed E-state index contributed by atoms with van der Waals surface area (Å²) in [6, 6.07) is 12.5. The van der Waals surface area contributed by atoms with Gasteiger partial charge in [0.05, 0.1) is 19.7 Å². The third-order valence-electron chi connectivity index (χ3n) is 5.67. The molecule has 1 atom stereocenters. The molecule has 0 spiro atoms. The van der Waals surface area contributed by atoms with Gasteiger partial charge in [0.25, 0.3) is 0 Å². The third kappa shape index (κ3) is 3.09. The fourth-order valence-electron chi connectivity index (χ4n) is 4.32. The molecular formula is C23H26N2O2. The lowest BCUT2D eigenvalue weighted by molar-refractivity contribution is 0.398. The van der Waals surface area contributed by atoms with Gasteiger partial charge in [0.2, 0.25) is 0 Å². The fourth-order valence-corrected chi connectivity index (χ4v) is 4.32. The minimum absolute atomic E-state index is 0.0168. The molecule has 1 unspecified atom stereocenters. The zero-order chi connectivity index (χ0) is 19.0. The molecule has 4 rings (SSSR count). The second-order valence-corrected chi connectivity index (χ2v) is 7.31. The molecule has 0 saturated heterocycles. The average molecular weight is 362 g/mol. The van der Waals surface area contributed by atoms with Gasteiger partial charge in [0, 0.05) is 29.8 Å². The van der Waals surface area contributed by atoms with Crippen LogP contribution in [0.3, 0.4) is 0 Å². The van der Waals surface area contributed by atoms with Gasteiger partial charge in [-0.25, -0.2) is 0 Å². The molecule has 1 aliphatic rings. The standard InChI is InChI=1S/C23H26N2O2/c1-15(24)20(13-17-12-18(26-2)9-10-22(17)27-3)21-14-25-11-5-7-16-6-4-8-19(21)23(16)25/h4,6,8-10,12,14,20,24H,5,7,11,13H2,1-3H3. The number of nitrogens with one attached hydrogen (secondary N) is 1. The predicted molar refractivity (Wildman–Crippen MR) is 110 cm³/mol. The summed E-state index contributed by atoms with van der Waals surface area (Å²) in [7, 11) is 3.37. The topological polar surface area (TPSA) is 47.2 Å². The summed E-state index contributed by atoms with van der Waals surface area (Å²) in [4.78, 5) is 0. The van der Waals surface area contributed by atoms with Crippen LogP contribution < -0.4 is 9.47 Å². The summed E-state index contributed by atoms with van der Waals surface area (Å²) in [6.45, 7) is 2.96. The molecule has 27 heavy (non-hydrogen) atoms. The van der Waals surface area contributed by atoms with E-state index in [1.165, 1.54) is 28.5 Å². The van der Waals surface area contributed by atoms with Crippen molar-refractivity contribution >= 4 is 16.6 Å². The Bertz CT molecular complexity index is 1000. The molecule has 1 aromatic heterocycles. The molecule has 2 heterocycles. The highest BCUT2D eigenvalue weighted by atomic mass is 16.5. The van der Waals surface area contributed by atoms with Crippen molar-refractivity contribution in [3.63, 3.8) is 0 Å². The zero-order valence-electron chi connectivity index (χ0n) is 16.2. The highest BCUT2D eigenvalue weighted by Crippen LogP contribution is 2.37. The Kier molecular flexibility index (Phi) is 4.65. The SMILES string of the molecule is COc1ccc(OC)c(CC(C(C)=N)c2cn3c4c(cccc24)CCC3)c1. The van der Waals surface area contributed by atoms with Gasteiger partial charge < -0.3 is 19.5 Å². The van der Waals surface area contributed by atoms with Gasteiger partial charge in [-0.15, -0.1) is 0 Å². The molecule has 4 heteroatoms. The summed E-state index contributed by atoms with van der Waals surface area (Å²) in [5.74, 6) is 1.67. The lowest BCUT2D eigenvalue weighted by Gasteiger charge is -2.18. The van der Waals surface area contributed by atoms with Crippen molar-refractivity contribution in [1.29, 1.82) is 5.41 Å². The molecule has 4 nitrogen and oxygen atoms in total. The van der Waals surface area contributed by atoms with Crippen LogP contribution >= 0.6 is 0 Å². The van der Waals surface area contributed by atoms with E-state index in [0.29, 0.717) is 5.71 Å². The molecule has 0 aliphatic carbocycles. The summed E-state index contributed by atoms with van der Waals surface area (Å²) >= 11 is 0. The van der Waals surface area contributed by atoms with Crippen LogP contribution in [0, 0.1) is 5.41 Å². The molecule has 3 aromatic rings. The van der Waals surface area contributed by atoms with Crippen molar-refractivity contribution in [3.8, 4) is 11.5 Å². The van der Waals surface area contributed by atoms with Crippen molar-refractivity contribution in [2.75, 3.05) is 14.2 Å². The third-order valence-corrected chi connectivity index (χ3v) is 5.67. The number of rotatable bonds is 6. The quantitative estimate of drug-likeness (QED) is 0.629. The van der Waals surface area contributed by atoms with Gasteiger partial charge in [-0.2, -0.15) is 0 Å². The number of hydrogen-bond donors (Lipinski definition) is 1. The molecule has 2 aromatic carbocycles. The Morgan fingerprint density at radius 3 is 2.78 bits per heavy atom. The van der Waals surface area contributed by atoms with Crippen molar-refractivity contribution < 1.29 is 9.47 Å². The van der Waals surface area contributed by atoms with Crippen LogP contribution in [0.15, 0.2) is 42.6 Å². The molecular weight excluding hydrogens is 336 g/mol. The number of benzene rings is 2. The lowest BCUT2D eigenvalue weighted by atomic mass is 9.87. The minimum Gasteiger partial charge on any atom is -0.497 e.